The summed E-state index contributed by atoms with van der Waals surface area (Å²) in [6, 6.07) is 9.60. The molecular weight excluding hydrogens is 462 g/mol. The van der Waals surface area contributed by atoms with Gasteiger partial charge in [0, 0.05) is 23.1 Å². The highest BCUT2D eigenvalue weighted by Crippen LogP contribution is 2.22. The lowest BCUT2D eigenvalue weighted by Crippen LogP contribution is -3.00. The van der Waals surface area contributed by atoms with Gasteiger partial charge in [0.2, 0.25) is 0 Å². The topological polar surface area (TPSA) is 52.6 Å². The van der Waals surface area contributed by atoms with Gasteiger partial charge in [0.1, 0.15) is 0 Å². The van der Waals surface area contributed by atoms with E-state index in [1.54, 1.807) is 13.8 Å². The number of hydrogen-bond donors (Lipinski definition) is 0. The Labute approximate surface area is 219 Å². The van der Waals surface area contributed by atoms with Gasteiger partial charge in [-0.1, -0.05) is 115 Å². The molecule has 0 aliphatic carbocycles. The van der Waals surface area contributed by atoms with Crippen LogP contribution in [0.5, 0.6) is 0 Å². The molecule has 0 atom stereocenters. The second-order valence-corrected chi connectivity index (χ2v) is 9.39. The summed E-state index contributed by atoms with van der Waals surface area (Å²) in [5, 5.41) is 0. The summed E-state index contributed by atoms with van der Waals surface area (Å²) < 4.78 is 0. The van der Waals surface area contributed by atoms with Gasteiger partial charge in [0.25, 0.3) is 0 Å². The average molecular weight is 508 g/mol. The molecule has 6 heteroatoms. The van der Waals surface area contributed by atoms with Crippen molar-refractivity contribution in [1.82, 2.24) is 0 Å². The molecule has 0 amide bonds. The lowest BCUT2D eigenvalue weighted by atomic mass is 10.1. The summed E-state index contributed by atoms with van der Waals surface area (Å²) in [6.07, 6.45) is 14.7. The van der Waals surface area contributed by atoms with Gasteiger partial charge in [0.05, 0.1) is 4.81 Å². The number of benzene rings is 1. The predicted molar refractivity (Wildman–Crippen MR) is 138 cm³/mol. The highest BCUT2D eigenvalue weighted by molar-refractivity contribution is 5.87. The number of nitrogens with zero attached hydrogens (tertiary/aromatic N) is 1. The van der Waals surface area contributed by atoms with Crippen molar-refractivity contribution in [2.75, 3.05) is 6.54 Å². The molecule has 0 bridgehead atoms. The first-order chi connectivity index (χ1) is 16.3. The fourth-order valence-electron chi connectivity index (χ4n) is 3.77. The fraction of sp³-hybridized carbons (Fsp3) is 0.586. The molecule has 0 spiro atoms. The molecular formula is C29H46ClNO4. The smallest absolute Gasteiger partial charge is 0.398 e. The highest BCUT2D eigenvalue weighted by atomic mass is 35.5. The molecule has 1 rings (SSSR count). The maximum absolute atomic E-state index is 12.5. The van der Waals surface area contributed by atoms with Crippen LogP contribution < -0.4 is 12.4 Å². The monoisotopic (exact) mass is 507 g/mol. The van der Waals surface area contributed by atoms with Crippen molar-refractivity contribution in [3.8, 4) is 0 Å². The summed E-state index contributed by atoms with van der Waals surface area (Å²) in [4.78, 5) is 35.9. The summed E-state index contributed by atoms with van der Waals surface area (Å²) in [6.45, 7) is 13.4. The molecule has 0 heterocycles. The van der Waals surface area contributed by atoms with Gasteiger partial charge in [0.15, 0.2) is 13.1 Å². The van der Waals surface area contributed by atoms with Gasteiger partial charge < -0.3 is 12.4 Å². The van der Waals surface area contributed by atoms with E-state index in [0.29, 0.717) is 6.54 Å². The third-order valence-electron chi connectivity index (χ3n) is 5.81. The lowest BCUT2D eigenvalue weighted by Gasteiger charge is -2.31. The molecule has 0 unspecified atom stereocenters. The van der Waals surface area contributed by atoms with E-state index in [0.717, 1.165) is 24.8 Å². The van der Waals surface area contributed by atoms with E-state index in [2.05, 4.69) is 20.1 Å². The third-order valence-corrected chi connectivity index (χ3v) is 5.81. The molecule has 198 valence electrons. The average Bonchev–Trinajstić information content (AvgIpc) is 2.80. The number of unbranched alkanes of at least 4 members (excludes halogenated alkanes) is 11. The van der Waals surface area contributed by atoms with Gasteiger partial charge in [-0.3, -0.25) is 0 Å². The van der Waals surface area contributed by atoms with Crippen molar-refractivity contribution in [3.63, 3.8) is 0 Å². The van der Waals surface area contributed by atoms with E-state index >= 15 is 0 Å². The molecule has 35 heavy (non-hydrogen) atoms. The van der Waals surface area contributed by atoms with Crippen LogP contribution >= 0.6 is 0 Å². The van der Waals surface area contributed by atoms with Crippen molar-refractivity contribution >= 4 is 11.9 Å². The molecule has 0 aliphatic heterocycles. The number of carbonyl (C=O) groups excluding carboxylic acids is 2. The second kappa shape index (κ2) is 19.1. The maximum Gasteiger partial charge on any atom is 0.398 e. The number of halogens is 1. The third kappa shape index (κ3) is 14.8. The van der Waals surface area contributed by atoms with Gasteiger partial charge in [-0.05, 0) is 20.3 Å². The molecule has 1 aromatic carbocycles. The van der Waals surface area contributed by atoms with Crippen LogP contribution in [0, 0.1) is 0 Å². The highest BCUT2D eigenvalue weighted by Gasteiger charge is 2.39. The van der Waals surface area contributed by atoms with Gasteiger partial charge in [-0.25, -0.2) is 19.3 Å². The van der Waals surface area contributed by atoms with Gasteiger partial charge in [-0.2, -0.15) is 0 Å². The Morgan fingerprint density at radius 1 is 0.714 bits per heavy atom. The minimum absolute atomic E-state index is 0. The second-order valence-electron chi connectivity index (χ2n) is 9.39. The van der Waals surface area contributed by atoms with Crippen LogP contribution in [0.15, 0.2) is 54.6 Å². The van der Waals surface area contributed by atoms with Crippen molar-refractivity contribution in [3.05, 3.63) is 60.2 Å². The number of hydroxylamine groups is 4. The quantitative estimate of drug-likeness (QED) is 0.117. The first-order valence-corrected chi connectivity index (χ1v) is 13.0. The minimum Gasteiger partial charge on any atom is -1.00 e. The summed E-state index contributed by atoms with van der Waals surface area (Å²) in [7, 11) is 0. The zero-order valence-corrected chi connectivity index (χ0v) is 22.9. The molecule has 5 nitrogen and oxygen atoms in total. The lowest BCUT2D eigenvalue weighted by molar-refractivity contribution is -1.23. The van der Waals surface area contributed by atoms with Crippen LogP contribution in [0.25, 0.3) is 0 Å². The molecule has 0 N–H and O–H groups in total. The van der Waals surface area contributed by atoms with E-state index in [1.165, 1.54) is 57.8 Å². The number of carbonyl (C=O) groups is 2. The summed E-state index contributed by atoms with van der Waals surface area (Å²) >= 11 is 0. The first-order valence-electron chi connectivity index (χ1n) is 13.0. The Balaban J connectivity index is 0.0000116. The van der Waals surface area contributed by atoms with Crippen LogP contribution in [0.3, 0.4) is 0 Å². The van der Waals surface area contributed by atoms with E-state index in [1.807, 2.05) is 30.3 Å². The van der Waals surface area contributed by atoms with Crippen molar-refractivity contribution < 1.29 is 36.5 Å². The Morgan fingerprint density at radius 3 is 1.51 bits per heavy atom. The Bertz CT molecular complexity index is 735. The molecule has 0 aliphatic rings. The zero-order valence-electron chi connectivity index (χ0n) is 22.2. The van der Waals surface area contributed by atoms with Crippen molar-refractivity contribution in [2.24, 2.45) is 0 Å². The molecule has 0 saturated carbocycles. The number of quaternary nitrogens is 1. The Hall–Kier alpha value is -2.11. The first kappa shape index (κ1) is 32.9. The minimum atomic E-state index is -0.579. The number of hydrogen-bond acceptors (Lipinski definition) is 4. The Kier molecular flexibility index (Phi) is 18.0. The molecule has 0 radical (unpaired) electrons. The largest absolute Gasteiger partial charge is 1.00 e. The van der Waals surface area contributed by atoms with E-state index in [4.69, 9.17) is 9.68 Å². The van der Waals surface area contributed by atoms with Crippen molar-refractivity contribution in [1.29, 1.82) is 0 Å². The zero-order chi connectivity index (χ0) is 25.2. The van der Waals surface area contributed by atoms with Crippen LogP contribution in [0.4, 0.5) is 0 Å². The van der Waals surface area contributed by atoms with Crippen LogP contribution in [0.1, 0.15) is 103 Å². The summed E-state index contributed by atoms with van der Waals surface area (Å²) in [5.41, 5.74) is 1.43. The van der Waals surface area contributed by atoms with E-state index in [9.17, 15) is 9.59 Å². The standard InChI is InChI=1S/C29H46NO4.ClH/c1-6-7-8-9-10-11-12-13-14-15-16-20-23-30(33-28(31)25(2)3,34-29(32)26(4)5)24-27-21-18-17-19-22-27;/h17-19,21-22H,2,4,6-16,20,23-24H2,1,3,5H3;1H/q+1;/p-1. The molecule has 0 aromatic heterocycles. The van der Waals surface area contributed by atoms with Crippen LogP contribution in [-0.4, -0.2) is 23.3 Å². The maximum atomic E-state index is 12.5. The Morgan fingerprint density at radius 2 is 1.11 bits per heavy atom. The van der Waals surface area contributed by atoms with Crippen LogP contribution in [-0.2, 0) is 25.8 Å². The van der Waals surface area contributed by atoms with Gasteiger partial charge >= 0.3 is 11.9 Å². The number of rotatable bonds is 19. The predicted octanol–water partition coefficient (Wildman–Crippen LogP) is 4.78. The van der Waals surface area contributed by atoms with Crippen molar-refractivity contribution in [2.45, 2.75) is 104 Å². The molecule has 1 aromatic rings. The SMILES string of the molecule is C=C(C)C(=O)O[N+](CCCCCCCCCCCCCC)(Cc1ccccc1)OC(=O)C(=C)C.[Cl-]. The molecule has 0 saturated heterocycles. The summed E-state index contributed by atoms with van der Waals surface area (Å²) in [5.74, 6) is -1.16. The normalized spacial score (nSPS) is 10.8. The molecule has 0 fully saturated rings. The van der Waals surface area contributed by atoms with Crippen LogP contribution in [0.2, 0.25) is 0 Å². The van der Waals surface area contributed by atoms with E-state index < -0.39 is 16.7 Å². The van der Waals surface area contributed by atoms with E-state index in [-0.39, 0.29) is 30.1 Å². The van der Waals surface area contributed by atoms with Gasteiger partial charge in [-0.15, -0.1) is 0 Å². The fourth-order valence-corrected chi connectivity index (χ4v) is 3.77.